The first-order chi connectivity index (χ1) is 10.8. The second-order valence-electron chi connectivity index (χ2n) is 6.84. The number of likely N-dealkylation sites (tertiary alicyclic amines) is 1. The van der Waals surface area contributed by atoms with Crippen LogP contribution in [0.5, 0.6) is 0 Å². The molecule has 0 atom stereocenters. The van der Waals surface area contributed by atoms with Gasteiger partial charge in [-0.2, -0.15) is 0 Å². The van der Waals surface area contributed by atoms with E-state index in [-0.39, 0.29) is 6.09 Å². The first-order valence-corrected chi connectivity index (χ1v) is 9.19. The van der Waals surface area contributed by atoms with Crippen LogP contribution in [-0.4, -0.2) is 42.0 Å². The number of nitrogens with zero attached hydrogens (tertiary/aromatic N) is 1. The molecule has 2 rings (SSSR count). The van der Waals surface area contributed by atoms with E-state index in [9.17, 15) is 4.79 Å². The first kappa shape index (κ1) is 17.8. The maximum Gasteiger partial charge on any atom is 0.410 e. The van der Waals surface area contributed by atoms with Crippen molar-refractivity contribution in [2.45, 2.75) is 50.2 Å². The zero-order valence-corrected chi connectivity index (χ0v) is 15.2. The number of thioether (sulfide) groups is 1. The molecular weight excluding hydrogens is 310 g/mol. The van der Waals surface area contributed by atoms with Gasteiger partial charge in [-0.05, 0) is 58.1 Å². The van der Waals surface area contributed by atoms with Gasteiger partial charge in [-0.3, -0.25) is 0 Å². The second kappa shape index (κ2) is 7.34. The Labute approximate surface area is 142 Å². The predicted molar refractivity (Wildman–Crippen MR) is 97.1 cm³/mol. The van der Waals surface area contributed by atoms with Crippen LogP contribution in [-0.2, 0) is 4.74 Å². The van der Waals surface area contributed by atoms with Gasteiger partial charge in [-0.1, -0.05) is 0 Å². The van der Waals surface area contributed by atoms with Gasteiger partial charge < -0.3 is 20.7 Å². The lowest BCUT2D eigenvalue weighted by Crippen LogP contribution is -2.44. The van der Waals surface area contributed by atoms with Crippen LogP contribution in [0.3, 0.4) is 0 Å². The number of hydrogen-bond acceptors (Lipinski definition) is 5. The van der Waals surface area contributed by atoms with Gasteiger partial charge in [0.15, 0.2) is 0 Å². The van der Waals surface area contributed by atoms with Crippen molar-refractivity contribution in [2.75, 3.05) is 30.4 Å². The van der Waals surface area contributed by atoms with Gasteiger partial charge in [0.1, 0.15) is 5.60 Å². The Balaban J connectivity index is 1.86. The lowest BCUT2D eigenvalue weighted by atomic mass is 10.0. The number of nitrogens with one attached hydrogen (secondary N) is 1. The number of piperidine rings is 1. The molecular formula is C17H27N3O2S. The summed E-state index contributed by atoms with van der Waals surface area (Å²) in [5.41, 5.74) is 7.39. The molecule has 3 N–H and O–H groups in total. The average molecular weight is 337 g/mol. The standard InChI is InChI=1S/C17H27N3O2S/c1-17(2,3)22-16(21)20-9-7-12(8-10-20)19-15-6-5-13(23-4)11-14(15)18/h5-6,11-12,19H,7-10,18H2,1-4H3. The van der Waals surface area contributed by atoms with Gasteiger partial charge in [-0.25, -0.2) is 4.79 Å². The van der Waals surface area contributed by atoms with Gasteiger partial charge >= 0.3 is 6.09 Å². The quantitative estimate of drug-likeness (QED) is 0.648. The fourth-order valence-electron chi connectivity index (χ4n) is 2.55. The Morgan fingerprint density at radius 3 is 2.52 bits per heavy atom. The first-order valence-electron chi connectivity index (χ1n) is 7.96. The van der Waals surface area contributed by atoms with E-state index in [0.29, 0.717) is 19.1 Å². The molecule has 1 aromatic rings. The molecule has 0 radical (unpaired) electrons. The van der Waals surface area contributed by atoms with E-state index in [1.807, 2.05) is 39.2 Å². The molecule has 1 heterocycles. The summed E-state index contributed by atoms with van der Waals surface area (Å²) in [6.07, 6.45) is 3.60. The Morgan fingerprint density at radius 1 is 1.35 bits per heavy atom. The predicted octanol–water partition coefficient (Wildman–Crippen LogP) is 3.80. The molecule has 23 heavy (non-hydrogen) atoms. The number of hydrogen-bond donors (Lipinski definition) is 2. The van der Waals surface area contributed by atoms with E-state index < -0.39 is 5.60 Å². The molecule has 6 heteroatoms. The van der Waals surface area contributed by atoms with Crippen molar-refractivity contribution in [3.8, 4) is 0 Å². The number of ether oxygens (including phenoxy) is 1. The van der Waals surface area contributed by atoms with Gasteiger partial charge in [-0.15, -0.1) is 11.8 Å². The van der Waals surface area contributed by atoms with Gasteiger partial charge in [0.2, 0.25) is 0 Å². The number of benzene rings is 1. The fraction of sp³-hybridized carbons (Fsp3) is 0.588. The normalized spacial score (nSPS) is 16.3. The lowest BCUT2D eigenvalue weighted by molar-refractivity contribution is 0.0210. The summed E-state index contributed by atoms with van der Waals surface area (Å²) in [5, 5.41) is 3.50. The molecule has 1 aliphatic heterocycles. The zero-order valence-electron chi connectivity index (χ0n) is 14.4. The highest BCUT2D eigenvalue weighted by atomic mass is 32.2. The van der Waals surface area contributed by atoms with Crippen LogP contribution in [0.15, 0.2) is 23.1 Å². The van der Waals surface area contributed by atoms with Gasteiger partial charge in [0.25, 0.3) is 0 Å². The molecule has 0 aliphatic carbocycles. The molecule has 0 spiro atoms. The number of carbonyl (C=O) groups is 1. The number of carbonyl (C=O) groups excluding carboxylic acids is 1. The van der Waals surface area contributed by atoms with Crippen molar-refractivity contribution in [1.82, 2.24) is 4.90 Å². The van der Waals surface area contributed by atoms with Gasteiger partial charge in [0.05, 0.1) is 11.4 Å². The monoisotopic (exact) mass is 337 g/mol. The van der Waals surface area contributed by atoms with Crippen molar-refractivity contribution in [3.05, 3.63) is 18.2 Å². The van der Waals surface area contributed by atoms with E-state index in [1.165, 1.54) is 0 Å². The number of anilines is 2. The van der Waals surface area contributed by atoms with Crippen molar-refractivity contribution >= 4 is 29.2 Å². The zero-order chi connectivity index (χ0) is 17.0. The number of nitrogen functional groups attached to an aromatic ring is 1. The minimum atomic E-state index is -0.445. The van der Waals surface area contributed by atoms with E-state index >= 15 is 0 Å². The van der Waals surface area contributed by atoms with E-state index in [0.717, 1.165) is 29.1 Å². The molecule has 0 aromatic heterocycles. The maximum absolute atomic E-state index is 12.1. The molecule has 5 nitrogen and oxygen atoms in total. The molecule has 128 valence electrons. The Hall–Kier alpha value is -1.56. The molecule has 0 saturated carbocycles. The van der Waals surface area contributed by atoms with E-state index in [1.54, 1.807) is 16.7 Å². The Kier molecular flexibility index (Phi) is 5.68. The van der Waals surface area contributed by atoms with Crippen LogP contribution in [0.1, 0.15) is 33.6 Å². The van der Waals surface area contributed by atoms with E-state index in [2.05, 4.69) is 11.4 Å². The summed E-state index contributed by atoms with van der Waals surface area (Å²) in [5.74, 6) is 0. The third-order valence-corrected chi connectivity index (χ3v) is 4.49. The third-order valence-electron chi connectivity index (χ3n) is 3.77. The van der Waals surface area contributed by atoms with Crippen LogP contribution in [0.25, 0.3) is 0 Å². The molecule has 0 unspecified atom stereocenters. The SMILES string of the molecule is CSc1ccc(NC2CCN(C(=O)OC(C)(C)C)CC2)c(N)c1. The second-order valence-corrected chi connectivity index (χ2v) is 7.72. The van der Waals surface area contributed by atoms with Crippen LogP contribution in [0, 0.1) is 0 Å². The van der Waals surface area contributed by atoms with Crippen LogP contribution in [0.2, 0.25) is 0 Å². The Morgan fingerprint density at radius 2 is 2.00 bits per heavy atom. The minimum Gasteiger partial charge on any atom is -0.444 e. The van der Waals surface area contributed by atoms with Crippen molar-refractivity contribution in [2.24, 2.45) is 0 Å². The topological polar surface area (TPSA) is 67.6 Å². The van der Waals surface area contributed by atoms with E-state index in [4.69, 9.17) is 10.5 Å². The molecule has 1 amide bonds. The van der Waals surface area contributed by atoms with Gasteiger partial charge in [0, 0.05) is 24.0 Å². The summed E-state index contributed by atoms with van der Waals surface area (Å²) in [6.45, 7) is 7.07. The molecule has 1 aromatic carbocycles. The third kappa shape index (κ3) is 5.23. The average Bonchev–Trinajstić information content (AvgIpc) is 2.48. The van der Waals surface area contributed by atoms with Crippen molar-refractivity contribution in [1.29, 1.82) is 0 Å². The maximum atomic E-state index is 12.1. The highest BCUT2D eigenvalue weighted by Crippen LogP contribution is 2.27. The smallest absolute Gasteiger partial charge is 0.410 e. The van der Waals surface area contributed by atoms with Crippen molar-refractivity contribution in [3.63, 3.8) is 0 Å². The summed E-state index contributed by atoms with van der Waals surface area (Å²) in [6, 6.07) is 6.42. The highest BCUT2D eigenvalue weighted by molar-refractivity contribution is 7.98. The molecule has 1 aliphatic rings. The fourth-order valence-corrected chi connectivity index (χ4v) is 3.00. The summed E-state index contributed by atoms with van der Waals surface area (Å²) in [7, 11) is 0. The summed E-state index contributed by atoms with van der Waals surface area (Å²) in [4.78, 5) is 15.0. The molecule has 1 saturated heterocycles. The Bertz CT molecular complexity index is 549. The molecule has 0 bridgehead atoms. The minimum absolute atomic E-state index is 0.222. The number of amides is 1. The largest absolute Gasteiger partial charge is 0.444 e. The van der Waals surface area contributed by atoms with Crippen molar-refractivity contribution < 1.29 is 9.53 Å². The number of nitrogens with two attached hydrogens (primary N) is 1. The highest BCUT2D eigenvalue weighted by Gasteiger charge is 2.26. The molecule has 1 fully saturated rings. The lowest BCUT2D eigenvalue weighted by Gasteiger charge is -2.34. The number of rotatable bonds is 3. The summed E-state index contributed by atoms with van der Waals surface area (Å²) >= 11 is 1.68. The van der Waals surface area contributed by atoms with Crippen LogP contribution >= 0.6 is 11.8 Å². The summed E-state index contributed by atoms with van der Waals surface area (Å²) < 4.78 is 5.42. The van der Waals surface area contributed by atoms with Crippen LogP contribution < -0.4 is 11.1 Å². The van der Waals surface area contributed by atoms with Crippen LogP contribution in [0.4, 0.5) is 16.2 Å².